The molecule has 0 unspecified atom stereocenters. The van der Waals surface area contributed by atoms with Crippen LogP contribution in [0, 0.1) is 0 Å². The molecule has 0 bridgehead atoms. The Bertz CT molecular complexity index is 561. The Morgan fingerprint density at radius 1 is 1.25 bits per heavy atom. The van der Waals surface area contributed by atoms with Crippen molar-refractivity contribution >= 4 is 21.7 Å². The third-order valence-corrected chi connectivity index (χ3v) is 3.24. The number of ether oxygens (including phenoxy) is 1. The van der Waals surface area contributed by atoms with Crippen LogP contribution in [-0.4, -0.2) is 35.6 Å². The van der Waals surface area contributed by atoms with Crippen LogP contribution < -0.4 is 10.1 Å². The number of methoxy groups -OCH3 is 1. The van der Waals surface area contributed by atoms with Crippen LogP contribution in [0.3, 0.4) is 0 Å². The molecule has 2 rings (SSSR count). The molecule has 0 fully saturated rings. The second-order valence-electron chi connectivity index (χ2n) is 4.15. The van der Waals surface area contributed by atoms with Gasteiger partial charge in [-0.2, -0.15) is 0 Å². The fourth-order valence-corrected chi connectivity index (χ4v) is 2.11. The van der Waals surface area contributed by atoms with Gasteiger partial charge in [0, 0.05) is 23.2 Å². The van der Waals surface area contributed by atoms with E-state index in [1.807, 2.05) is 30.3 Å². The molecule has 2 N–H and O–H groups in total. The summed E-state index contributed by atoms with van der Waals surface area (Å²) in [6, 6.07) is 9.50. The summed E-state index contributed by atoms with van der Waals surface area (Å²) in [7, 11) is 1.63. The molecule has 0 aliphatic carbocycles. The van der Waals surface area contributed by atoms with E-state index in [4.69, 9.17) is 9.84 Å². The van der Waals surface area contributed by atoms with E-state index >= 15 is 0 Å². The summed E-state index contributed by atoms with van der Waals surface area (Å²) in [6.45, 7) is 0.832. The number of nitrogens with one attached hydrogen (secondary N) is 1. The molecule has 0 saturated heterocycles. The lowest BCUT2D eigenvalue weighted by atomic mass is 10.1. The number of hydrogen-bond donors (Lipinski definition) is 2. The van der Waals surface area contributed by atoms with Gasteiger partial charge >= 0.3 is 0 Å². The molecule has 1 aromatic carbocycles. The highest BCUT2D eigenvalue weighted by atomic mass is 79.9. The number of anilines is 1. The Morgan fingerprint density at radius 2 is 2.10 bits per heavy atom. The number of aliphatic hydroxyl groups is 1. The Morgan fingerprint density at radius 3 is 2.75 bits per heavy atom. The average Bonchev–Trinajstić information content (AvgIpc) is 2.48. The zero-order chi connectivity index (χ0) is 14.4. The summed E-state index contributed by atoms with van der Waals surface area (Å²) in [5.41, 5.74) is 1.63. The number of nitrogens with zero attached hydrogens (tertiary/aromatic N) is 2. The number of halogens is 1. The summed E-state index contributed by atoms with van der Waals surface area (Å²) in [5, 5.41) is 20.1. The normalized spacial score (nSPS) is 10.3. The van der Waals surface area contributed by atoms with Crippen LogP contribution in [0.4, 0.5) is 5.82 Å². The molecule has 0 spiro atoms. The Kier molecular flexibility index (Phi) is 5.31. The number of aromatic nitrogens is 2. The van der Waals surface area contributed by atoms with Crippen LogP contribution in [0.1, 0.15) is 6.42 Å². The number of rotatable bonds is 6. The summed E-state index contributed by atoms with van der Waals surface area (Å²) >= 11 is 3.44. The Balaban J connectivity index is 2.19. The van der Waals surface area contributed by atoms with Gasteiger partial charge in [0.1, 0.15) is 11.6 Å². The van der Waals surface area contributed by atoms with Gasteiger partial charge in [-0.05, 0) is 36.8 Å². The van der Waals surface area contributed by atoms with Gasteiger partial charge in [0.05, 0.1) is 12.8 Å². The van der Waals surface area contributed by atoms with E-state index in [1.165, 1.54) is 0 Å². The second-order valence-corrected chi connectivity index (χ2v) is 5.07. The van der Waals surface area contributed by atoms with E-state index in [0.29, 0.717) is 18.8 Å². The Hall–Kier alpha value is -1.66. The Labute approximate surface area is 126 Å². The maximum Gasteiger partial charge on any atom is 0.148 e. The van der Waals surface area contributed by atoms with Crippen LogP contribution >= 0.6 is 15.9 Å². The molecule has 0 amide bonds. The number of hydrogen-bond acceptors (Lipinski definition) is 5. The zero-order valence-electron chi connectivity index (χ0n) is 11.1. The highest BCUT2D eigenvalue weighted by Gasteiger charge is 2.08. The average molecular weight is 338 g/mol. The monoisotopic (exact) mass is 337 g/mol. The minimum Gasteiger partial charge on any atom is -0.496 e. The van der Waals surface area contributed by atoms with Crippen molar-refractivity contribution in [2.45, 2.75) is 6.42 Å². The molecular formula is C14H16BrN3O2. The first-order valence-corrected chi connectivity index (χ1v) is 7.06. The summed E-state index contributed by atoms with van der Waals surface area (Å²) in [4.78, 5) is 0. The lowest BCUT2D eigenvalue weighted by Crippen LogP contribution is -2.05. The fourth-order valence-electron chi connectivity index (χ4n) is 1.75. The van der Waals surface area contributed by atoms with Crippen LogP contribution in [0.2, 0.25) is 0 Å². The number of benzene rings is 1. The third kappa shape index (κ3) is 3.68. The predicted molar refractivity (Wildman–Crippen MR) is 81.9 cm³/mol. The number of aliphatic hydroxyl groups excluding tert-OH is 1. The molecule has 0 aliphatic heterocycles. The van der Waals surface area contributed by atoms with Crippen LogP contribution in [0.5, 0.6) is 5.75 Å². The van der Waals surface area contributed by atoms with Crippen LogP contribution in [0.25, 0.3) is 11.3 Å². The highest BCUT2D eigenvalue weighted by Crippen LogP contribution is 2.31. The van der Waals surface area contributed by atoms with Gasteiger partial charge in [-0.15, -0.1) is 10.2 Å². The predicted octanol–water partition coefficient (Wildman–Crippen LogP) is 2.71. The smallest absolute Gasteiger partial charge is 0.148 e. The van der Waals surface area contributed by atoms with E-state index in [2.05, 4.69) is 31.4 Å². The lowest BCUT2D eigenvalue weighted by molar-refractivity contribution is 0.292. The molecule has 1 heterocycles. The van der Waals surface area contributed by atoms with Crippen molar-refractivity contribution < 1.29 is 9.84 Å². The molecule has 1 aromatic heterocycles. The van der Waals surface area contributed by atoms with Crippen molar-refractivity contribution in [1.29, 1.82) is 0 Å². The molecule has 0 aliphatic rings. The van der Waals surface area contributed by atoms with Crippen molar-refractivity contribution in [1.82, 2.24) is 10.2 Å². The zero-order valence-corrected chi connectivity index (χ0v) is 12.7. The second kappa shape index (κ2) is 7.21. The molecular weight excluding hydrogens is 322 g/mol. The van der Waals surface area contributed by atoms with Crippen molar-refractivity contribution in [3.05, 3.63) is 34.8 Å². The van der Waals surface area contributed by atoms with E-state index in [1.54, 1.807) is 7.11 Å². The van der Waals surface area contributed by atoms with E-state index in [9.17, 15) is 0 Å². The highest BCUT2D eigenvalue weighted by molar-refractivity contribution is 9.10. The lowest BCUT2D eigenvalue weighted by Gasteiger charge is -2.09. The van der Waals surface area contributed by atoms with Crippen LogP contribution in [0.15, 0.2) is 34.8 Å². The van der Waals surface area contributed by atoms with Gasteiger partial charge in [-0.1, -0.05) is 15.9 Å². The van der Waals surface area contributed by atoms with Crippen molar-refractivity contribution in [3.8, 4) is 17.0 Å². The summed E-state index contributed by atoms with van der Waals surface area (Å²) in [5.74, 6) is 1.44. The topological polar surface area (TPSA) is 67.3 Å². The maximum atomic E-state index is 8.73. The van der Waals surface area contributed by atoms with Gasteiger partial charge in [-0.25, -0.2) is 0 Å². The molecule has 0 radical (unpaired) electrons. The molecule has 5 nitrogen and oxygen atoms in total. The van der Waals surface area contributed by atoms with Crippen LogP contribution in [-0.2, 0) is 0 Å². The first kappa shape index (κ1) is 14.7. The van der Waals surface area contributed by atoms with Gasteiger partial charge in [-0.3, -0.25) is 0 Å². The van der Waals surface area contributed by atoms with Crippen molar-refractivity contribution in [2.75, 3.05) is 25.6 Å². The standard InChI is InChI=1S/C14H16BrN3O2/c1-20-13-5-3-10(15)9-11(13)12-4-6-14(18-17-12)16-7-2-8-19/h3-6,9,19H,2,7-8H2,1H3,(H,16,18). The summed E-state index contributed by atoms with van der Waals surface area (Å²) < 4.78 is 6.29. The molecule has 6 heteroatoms. The molecule has 2 aromatic rings. The first-order chi connectivity index (χ1) is 9.74. The van der Waals surface area contributed by atoms with E-state index < -0.39 is 0 Å². The van der Waals surface area contributed by atoms with E-state index in [0.717, 1.165) is 21.5 Å². The SMILES string of the molecule is COc1ccc(Br)cc1-c1ccc(NCCCO)nn1. The molecule has 0 atom stereocenters. The molecule has 106 valence electrons. The minimum absolute atomic E-state index is 0.160. The van der Waals surface area contributed by atoms with Gasteiger partial charge in [0.15, 0.2) is 0 Å². The van der Waals surface area contributed by atoms with Gasteiger partial charge in [0.25, 0.3) is 0 Å². The molecule has 20 heavy (non-hydrogen) atoms. The third-order valence-electron chi connectivity index (χ3n) is 2.74. The van der Waals surface area contributed by atoms with Gasteiger partial charge in [0.2, 0.25) is 0 Å². The quantitative estimate of drug-likeness (QED) is 0.793. The first-order valence-electron chi connectivity index (χ1n) is 6.27. The van der Waals surface area contributed by atoms with Gasteiger partial charge < -0.3 is 15.2 Å². The van der Waals surface area contributed by atoms with Crippen molar-refractivity contribution in [3.63, 3.8) is 0 Å². The fraction of sp³-hybridized carbons (Fsp3) is 0.286. The van der Waals surface area contributed by atoms with Crippen molar-refractivity contribution in [2.24, 2.45) is 0 Å². The van der Waals surface area contributed by atoms with E-state index in [-0.39, 0.29) is 6.61 Å². The summed E-state index contributed by atoms with van der Waals surface area (Å²) in [6.07, 6.45) is 0.683. The maximum absolute atomic E-state index is 8.73. The largest absolute Gasteiger partial charge is 0.496 e. The molecule has 0 saturated carbocycles. The minimum atomic E-state index is 0.160.